The van der Waals surface area contributed by atoms with Crippen molar-refractivity contribution in [1.82, 2.24) is 25.3 Å². The lowest BCUT2D eigenvalue weighted by molar-refractivity contribution is 0.214. The fourth-order valence-electron chi connectivity index (χ4n) is 2.94. The molecule has 2 unspecified atom stereocenters. The highest BCUT2D eigenvalue weighted by molar-refractivity contribution is 4.98. The molecule has 6 heteroatoms. The first-order chi connectivity index (χ1) is 10.1. The maximum atomic E-state index is 5.47. The van der Waals surface area contributed by atoms with Crippen LogP contribution < -0.4 is 5.32 Å². The first-order valence-electron chi connectivity index (χ1n) is 8.02. The van der Waals surface area contributed by atoms with Crippen molar-refractivity contribution in [2.45, 2.75) is 44.7 Å². The van der Waals surface area contributed by atoms with Crippen LogP contribution in [0.5, 0.6) is 0 Å². The normalized spacial score (nSPS) is 23.1. The summed E-state index contributed by atoms with van der Waals surface area (Å²) in [4.78, 5) is 9.32. The monoisotopic (exact) mass is 295 g/mol. The van der Waals surface area contributed by atoms with Gasteiger partial charge in [-0.3, -0.25) is 4.90 Å². The van der Waals surface area contributed by atoms with Gasteiger partial charge in [0, 0.05) is 19.0 Å². The Labute approximate surface area is 127 Å². The molecule has 0 saturated carbocycles. The van der Waals surface area contributed by atoms with Crippen molar-refractivity contribution < 1.29 is 4.52 Å². The van der Waals surface area contributed by atoms with E-state index in [1.165, 1.54) is 6.42 Å². The summed E-state index contributed by atoms with van der Waals surface area (Å²) in [5, 5.41) is 7.55. The zero-order chi connectivity index (χ0) is 15.2. The molecule has 2 atom stereocenters. The van der Waals surface area contributed by atoms with Crippen molar-refractivity contribution in [3.63, 3.8) is 0 Å². The second-order valence-electron chi connectivity index (χ2n) is 6.14. The van der Waals surface area contributed by atoms with Crippen LogP contribution in [0.3, 0.4) is 0 Å². The highest BCUT2D eigenvalue weighted by Crippen LogP contribution is 2.21. The van der Waals surface area contributed by atoms with Crippen molar-refractivity contribution in [2.24, 2.45) is 0 Å². The zero-order valence-corrected chi connectivity index (χ0v) is 13.8. The minimum atomic E-state index is 0.231. The summed E-state index contributed by atoms with van der Waals surface area (Å²) in [5.41, 5.74) is 0. The van der Waals surface area contributed by atoms with Crippen molar-refractivity contribution in [3.8, 4) is 0 Å². The third-order valence-corrected chi connectivity index (χ3v) is 4.32. The maximum absolute atomic E-state index is 5.47. The Morgan fingerprint density at radius 2 is 2.19 bits per heavy atom. The highest BCUT2D eigenvalue weighted by Gasteiger charge is 2.26. The van der Waals surface area contributed by atoms with E-state index in [0.717, 1.165) is 50.6 Å². The molecule has 1 aromatic heterocycles. The Balaban J connectivity index is 2.03. The molecule has 0 spiro atoms. The first kappa shape index (κ1) is 16.4. The topological polar surface area (TPSA) is 57.4 Å². The van der Waals surface area contributed by atoms with E-state index < -0.39 is 0 Å². The Hall–Kier alpha value is -0.980. The minimum absolute atomic E-state index is 0.231. The number of hydrogen-bond donors (Lipinski definition) is 1. The third-order valence-electron chi connectivity index (χ3n) is 4.32. The van der Waals surface area contributed by atoms with E-state index in [9.17, 15) is 0 Å². The van der Waals surface area contributed by atoms with Gasteiger partial charge in [-0.15, -0.1) is 0 Å². The summed E-state index contributed by atoms with van der Waals surface area (Å²) < 4.78 is 5.47. The van der Waals surface area contributed by atoms with Crippen LogP contribution in [0.25, 0.3) is 0 Å². The van der Waals surface area contributed by atoms with Gasteiger partial charge in [0.25, 0.3) is 0 Å². The molecule has 21 heavy (non-hydrogen) atoms. The number of rotatable bonds is 6. The molecule has 1 saturated heterocycles. The summed E-state index contributed by atoms with van der Waals surface area (Å²) in [6, 6.07) is 0.645. The van der Waals surface area contributed by atoms with Crippen LogP contribution in [0.2, 0.25) is 0 Å². The molecule has 0 amide bonds. The van der Waals surface area contributed by atoms with E-state index in [1.807, 2.05) is 7.05 Å². The molecular formula is C15H29N5O. The molecule has 0 radical (unpaired) electrons. The number of aromatic nitrogens is 2. The smallest absolute Gasteiger partial charge is 0.228 e. The predicted octanol–water partition coefficient (Wildman–Crippen LogP) is 1.31. The largest absolute Gasteiger partial charge is 0.339 e. The van der Waals surface area contributed by atoms with Gasteiger partial charge in [0.1, 0.15) is 0 Å². The SMILES string of the molecule is CCCC(Cc1nc(C2CN(C)CCCN2C)no1)NC. The van der Waals surface area contributed by atoms with Gasteiger partial charge in [0.15, 0.2) is 5.82 Å². The average molecular weight is 295 g/mol. The van der Waals surface area contributed by atoms with Gasteiger partial charge >= 0.3 is 0 Å². The summed E-state index contributed by atoms with van der Waals surface area (Å²) in [7, 11) is 6.30. The Kier molecular flexibility index (Phi) is 6.14. The van der Waals surface area contributed by atoms with Crippen LogP contribution in [0.15, 0.2) is 4.52 Å². The summed E-state index contributed by atoms with van der Waals surface area (Å²) >= 11 is 0. The second-order valence-corrected chi connectivity index (χ2v) is 6.14. The van der Waals surface area contributed by atoms with Crippen LogP contribution in [0.1, 0.15) is 43.9 Å². The predicted molar refractivity (Wildman–Crippen MR) is 83.2 cm³/mol. The van der Waals surface area contributed by atoms with Gasteiger partial charge in [-0.2, -0.15) is 4.98 Å². The van der Waals surface area contributed by atoms with E-state index in [0.29, 0.717) is 6.04 Å². The van der Waals surface area contributed by atoms with Gasteiger partial charge in [0.2, 0.25) is 5.89 Å². The quantitative estimate of drug-likeness (QED) is 0.854. The average Bonchev–Trinajstić information content (AvgIpc) is 2.85. The Bertz CT molecular complexity index is 422. The van der Waals surface area contributed by atoms with Crippen LogP contribution in [-0.4, -0.2) is 66.8 Å². The molecule has 0 aliphatic carbocycles. The molecule has 0 aromatic carbocycles. The molecule has 1 fully saturated rings. The van der Waals surface area contributed by atoms with Gasteiger partial charge in [-0.05, 0) is 47.1 Å². The summed E-state index contributed by atoms with van der Waals surface area (Å²) in [6.45, 7) is 5.36. The standard InChI is InChI=1S/C15H29N5O/c1-5-7-12(16-2)10-14-17-15(18-21-14)13-11-19(3)8-6-9-20(13)4/h12-13,16H,5-11H2,1-4H3. The lowest BCUT2D eigenvalue weighted by Gasteiger charge is -2.24. The van der Waals surface area contributed by atoms with Gasteiger partial charge in [0.05, 0.1) is 6.04 Å². The molecule has 120 valence electrons. The number of nitrogens with one attached hydrogen (secondary N) is 1. The van der Waals surface area contributed by atoms with Crippen molar-refractivity contribution in [3.05, 3.63) is 11.7 Å². The fraction of sp³-hybridized carbons (Fsp3) is 0.867. The molecule has 2 rings (SSSR count). The second kappa shape index (κ2) is 7.87. The van der Waals surface area contributed by atoms with Crippen molar-refractivity contribution in [1.29, 1.82) is 0 Å². The number of likely N-dealkylation sites (N-methyl/N-ethyl adjacent to an activating group) is 3. The van der Waals surface area contributed by atoms with Crippen LogP contribution >= 0.6 is 0 Å². The van der Waals surface area contributed by atoms with E-state index in [-0.39, 0.29) is 6.04 Å². The van der Waals surface area contributed by atoms with Crippen molar-refractivity contribution in [2.75, 3.05) is 40.8 Å². The van der Waals surface area contributed by atoms with Crippen LogP contribution in [-0.2, 0) is 6.42 Å². The zero-order valence-electron chi connectivity index (χ0n) is 13.8. The molecule has 1 aromatic rings. The third kappa shape index (κ3) is 4.49. The van der Waals surface area contributed by atoms with E-state index in [1.54, 1.807) is 0 Å². The van der Waals surface area contributed by atoms with Gasteiger partial charge in [-0.25, -0.2) is 0 Å². The highest BCUT2D eigenvalue weighted by atomic mass is 16.5. The molecule has 2 heterocycles. The summed E-state index contributed by atoms with van der Waals surface area (Å²) in [6.07, 6.45) is 4.28. The molecule has 6 nitrogen and oxygen atoms in total. The minimum Gasteiger partial charge on any atom is -0.339 e. The van der Waals surface area contributed by atoms with Crippen molar-refractivity contribution >= 4 is 0 Å². The van der Waals surface area contributed by atoms with E-state index in [4.69, 9.17) is 4.52 Å². The molecule has 1 N–H and O–H groups in total. The maximum Gasteiger partial charge on any atom is 0.228 e. The first-order valence-corrected chi connectivity index (χ1v) is 8.02. The van der Waals surface area contributed by atoms with E-state index >= 15 is 0 Å². The lowest BCUT2D eigenvalue weighted by atomic mass is 10.1. The molecule has 1 aliphatic heterocycles. The Morgan fingerprint density at radius 1 is 1.38 bits per heavy atom. The van der Waals surface area contributed by atoms with Crippen LogP contribution in [0, 0.1) is 0 Å². The fourth-order valence-corrected chi connectivity index (χ4v) is 2.94. The summed E-state index contributed by atoms with van der Waals surface area (Å²) in [5.74, 6) is 1.57. The molecule has 1 aliphatic rings. The lowest BCUT2D eigenvalue weighted by Crippen LogP contribution is -2.31. The Morgan fingerprint density at radius 3 is 2.90 bits per heavy atom. The van der Waals surface area contributed by atoms with Crippen LogP contribution in [0.4, 0.5) is 0 Å². The number of hydrogen-bond acceptors (Lipinski definition) is 6. The molecular weight excluding hydrogens is 266 g/mol. The van der Waals surface area contributed by atoms with Gasteiger partial charge in [-0.1, -0.05) is 18.5 Å². The number of nitrogens with zero attached hydrogens (tertiary/aromatic N) is 4. The van der Waals surface area contributed by atoms with Gasteiger partial charge < -0.3 is 14.7 Å². The molecule has 0 bridgehead atoms. The van der Waals surface area contributed by atoms with E-state index in [2.05, 4.69) is 46.3 Å².